The van der Waals surface area contributed by atoms with E-state index in [1.807, 2.05) is 12.1 Å². The van der Waals surface area contributed by atoms with E-state index in [1.165, 1.54) is 16.7 Å². The average Bonchev–Trinajstić information content (AvgIpc) is 2.38. The molecule has 2 aromatic rings. The molecule has 17 heavy (non-hydrogen) atoms. The van der Waals surface area contributed by atoms with E-state index in [0.29, 0.717) is 0 Å². The smallest absolute Gasteiger partial charge is 0.119 e. The number of aryl methyl sites for hydroxylation is 1. The minimum absolute atomic E-state index is 0.896. The highest BCUT2D eigenvalue weighted by Crippen LogP contribution is 2.29. The zero-order valence-corrected chi connectivity index (χ0v) is 11.6. The Morgan fingerprint density at radius 2 is 1.94 bits per heavy atom. The lowest BCUT2D eigenvalue weighted by atomic mass is 9.98. The monoisotopic (exact) mass is 290 g/mol. The van der Waals surface area contributed by atoms with E-state index >= 15 is 0 Å². The molecule has 1 nitrogen and oxygen atoms in total. The van der Waals surface area contributed by atoms with Gasteiger partial charge >= 0.3 is 0 Å². The lowest BCUT2D eigenvalue weighted by Gasteiger charge is -2.10. The summed E-state index contributed by atoms with van der Waals surface area (Å²) in [5, 5.41) is 0. The Bertz CT molecular complexity index is 520. The van der Waals surface area contributed by atoms with Gasteiger partial charge in [0, 0.05) is 4.47 Å². The number of ether oxygens (including phenoxy) is 1. The fourth-order valence-electron chi connectivity index (χ4n) is 1.93. The zero-order chi connectivity index (χ0) is 12.3. The second kappa shape index (κ2) is 5.37. The number of rotatable bonds is 3. The van der Waals surface area contributed by atoms with Crippen LogP contribution in [-0.4, -0.2) is 7.11 Å². The molecule has 0 spiro atoms. The van der Waals surface area contributed by atoms with Crippen molar-refractivity contribution in [2.75, 3.05) is 7.11 Å². The molecule has 0 aliphatic carbocycles. The molecule has 2 rings (SSSR count). The lowest BCUT2D eigenvalue weighted by molar-refractivity contribution is 0.415. The van der Waals surface area contributed by atoms with Crippen molar-refractivity contribution >= 4 is 15.9 Å². The first-order chi connectivity index (χ1) is 8.24. The van der Waals surface area contributed by atoms with Gasteiger partial charge in [0.1, 0.15) is 5.75 Å². The van der Waals surface area contributed by atoms with Crippen LogP contribution in [0.2, 0.25) is 0 Å². The van der Waals surface area contributed by atoms with Gasteiger partial charge in [-0.1, -0.05) is 41.1 Å². The average molecular weight is 291 g/mol. The van der Waals surface area contributed by atoms with Crippen molar-refractivity contribution in [1.29, 1.82) is 0 Å². The zero-order valence-electron chi connectivity index (χ0n) is 10.0. The Balaban J connectivity index is 2.51. The van der Waals surface area contributed by atoms with E-state index in [0.717, 1.165) is 16.6 Å². The van der Waals surface area contributed by atoms with Crippen molar-refractivity contribution in [3.05, 3.63) is 52.5 Å². The van der Waals surface area contributed by atoms with Crippen LogP contribution in [0.3, 0.4) is 0 Å². The number of methoxy groups -OCH3 is 1. The fourth-order valence-corrected chi connectivity index (χ4v) is 2.34. The van der Waals surface area contributed by atoms with Crippen molar-refractivity contribution in [1.82, 2.24) is 0 Å². The SMILES string of the molecule is CCc1cc(Br)ccc1-c1cccc(OC)c1. The third-order valence-electron chi connectivity index (χ3n) is 2.83. The van der Waals surface area contributed by atoms with Gasteiger partial charge in [-0.25, -0.2) is 0 Å². The van der Waals surface area contributed by atoms with E-state index in [2.05, 4.69) is 53.2 Å². The molecule has 88 valence electrons. The third kappa shape index (κ3) is 2.70. The maximum atomic E-state index is 5.26. The molecule has 0 bridgehead atoms. The van der Waals surface area contributed by atoms with Crippen LogP contribution in [0, 0.1) is 0 Å². The van der Waals surface area contributed by atoms with Crippen molar-refractivity contribution < 1.29 is 4.74 Å². The highest BCUT2D eigenvalue weighted by Gasteiger charge is 2.05. The molecule has 2 aromatic carbocycles. The van der Waals surface area contributed by atoms with Gasteiger partial charge in [-0.15, -0.1) is 0 Å². The van der Waals surface area contributed by atoms with Gasteiger partial charge in [0.15, 0.2) is 0 Å². The number of hydrogen-bond acceptors (Lipinski definition) is 1. The number of halogens is 1. The molecule has 0 fully saturated rings. The van der Waals surface area contributed by atoms with Crippen LogP contribution in [0.1, 0.15) is 12.5 Å². The van der Waals surface area contributed by atoms with E-state index in [9.17, 15) is 0 Å². The molecule has 0 heterocycles. The second-order valence-electron chi connectivity index (χ2n) is 3.89. The van der Waals surface area contributed by atoms with Crippen LogP contribution in [0.15, 0.2) is 46.9 Å². The summed E-state index contributed by atoms with van der Waals surface area (Å²) in [6.45, 7) is 2.17. The van der Waals surface area contributed by atoms with Crippen LogP contribution in [0.4, 0.5) is 0 Å². The van der Waals surface area contributed by atoms with E-state index in [1.54, 1.807) is 7.11 Å². The molecule has 2 heteroatoms. The van der Waals surface area contributed by atoms with Crippen LogP contribution < -0.4 is 4.74 Å². The van der Waals surface area contributed by atoms with Gasteiger partial charge < -0.3 is 4.74 Å². The van der Waals surface area contributed by atoms with Crippen molar-refractivity contribution in [3.63, 3.8) is 0 Å². The quantitative estimate of drug-likeness (QED) is 0.797. The summed E-state index contributed by atoms with van der Waals surface area (Å²) in [6.07, 6.45) is 1.02. The standard InChI is InChI=1S/C15H15BrO/c1-3-11-9-13(16)7-8-15(11)12-5-4-6-14(10-12)17-2/h4-10H,3H2,1-2H3. The van der Waals surface area contributed by atoms with Gasteiger partial charge in [0.05, 0.1) is 7.11 Å². The Morgan fingerprint density at radius 1 is 1.12 bits per heavy atom. The number of hydrogen-bond donors (Lipinski definition) is 0. The molecular weight excluding hydrogens is 276 g/mol. The molecule has 0 N–H and O–H groups in total. The highest BCUT2D eigenvalue weighted by atomic mass is 79.9. The topological polar surface area (TPSA) is 9.23 Å². The summed E-state index contributed by atoms with van der Waals surface area (Å²) >= 11 is 3.51. The molecule has 0 radical (unpaired) electrons. The van der Waals surface area contributed by atoms with Crippen molar-refractivity contribution in [2.24, 2.45) is 0 Å². The van der Waals surface area contributed by atoms with E-state index < -0.39 is 0 Å². The summed E-state index contributed by atoms with van der Waals surface area (Å²) in [5.74, 6) is 0.896. The fraction of sp³-hybridized carbons (Fsp3) is 0.200. The molecule has 0 amide bonds. The molecule has 0 atom stereocenters. The minimum Gasteiger partial charge on any atom is -0.497 e. The van der Waals surface area contributed by atoms with E-state index in [-0.39, 0.29) is 0 Å². The number of benzene rings is 2. The predicted octanol–water partition coefficient (Wildman–Crippen LogP) is 4.69. The Morgan fingerprint density at radius 3 is 2.65 bits per heavy atom. The maximum absolute atomic E-state index is 5.26. The first kappa shape index (κ1) is 12.2. The molecule has 0 aliphatic heterocycles. The van der Waals surface area contributed by atoms with Gasteiger partial charge in [-0.3, -0.25) is 0 Å². The Labute approximate surface area is 111 Å². The van der Waals surface area contributed by atoms with Gasteiger partial charge in [-0.05, 0) is 47.4 Å². The lowest BCUT2D eigenvalue weighted by Crippen LogP contribution is -1.89. The maximum Gasteiger partial charge on any atom is 0.119 e. The van der Waals surface area contributed by atoms with Gasteiger partial charge in [0.2, 0.25) is 0 Å². The molecule has 0 saturated heterocycles. The van der Waals surface area contributed by atoms with Crippen LogP contribution in [0.25, 0.3) is 11.1 Å². The van der Waals surface area contributed by atoms with Gasteiger partial charge in [-0.2, -0.15) is 0 Å². The van der Waals surface area contributed by atoms with Crippen LogP contribution in [0.5, 0.6) is 5.75 Å². The predicted molar refractivity (Wildman–Crippen MR) is 75.5 cm³/mol. The summed E-state index contributed by atoms with van der Waals surface area (Å²) in [6, 6.07) is 14.6. The molecule has 0 saturated carbocycles. The Hall–Kier alpha value is -1.28. The Kier molecular flexibility index (Phi) is 3.85. The summed E-state index contributed by atoms with van der Waals surface area (Å²) < 4.78 is 6.39. The third-order valence-corrected chi connectivity index (χ3v) is 3.32. The highest BCUT2D eigenvalue weighted by molar-refractivity contribution is 9.10. The molecule has 0 aromatic heterocycles. The first-order valence-electron chi connectivity index (χ1n) is 5.67. The first-order valence-corrected chi connectivity index (χ1v) is 6.46. The molecule has 0 aliphatic rings. The summed E-state index contributed by atoms with van der Waals surface area (Å²) in [4.78, 5) is 0. The van der Waals surface area contributed by atoms with Crippen LogP contribution >= 0.6 is 15.9 Å². The van der Waals surface area contributed by atoms with Gasteiger partial charge in [0.25, 0.3) is 0 Å². The van der Waals surface area contributed by atoms with E-state index in [4.69, 9.17) is 4.74 Å². The normalized spacial score (nSPS) is 10.3. The molecular formula is C15H15BrO. The van der Waals surface area contributed by atoms with Crippen molar-refractivity contribution in [2.45, 2.75) is 13.3 Å². The minimum atomic E-state index is 0.896. The summed E-state index contributed by atoms with van der Waals surface area (Å²) in [7, 11) is 1.70. The molecule has 0 unspecified atom stereocenters. The summed E-state index contributed by atoms with van der Waals surface area (Å²) in [5.41, 5.74) is 3.82. The van der Waals surface area contributed by atoms with Crippen molar-refractivity contribution in [3.8, 4) is 16.9 Å². The second-order valence-corrected chi connectivity index (χ2v) is 4.80. The largest absolute Gasteiger partial charge is 0.497 e. The van der Waals surface area contributed by atoms with Crippen LogP contribution in [-0.2, 0) is 6.42 Å².